The van der Waals surface area contributed by atoms with Gasteiger partial charge in [-0.15, -0.1) is 0 Å². The molecule has 0 aromatic heterocycles. The third-order valence-electron chi connectivity index (χ3n) is 3.83. The van der Waals surface area contributed by atoms with Crippen molar-refractivity contribution in [1.29, 1.82) is 0 Å². The molecular weight excluding hydrogens is 259 g/mol. The van der Waals surface area contributed by atoms with E-state index in [1.54, 1.807) is 0 Å². The second-order valence-corrected chi connectivity index (χ2v) is 10.9. The Hall–Kier alpha value is -0.448. The molecule has 20 heavy (non-hydrogen) atoms. The monoisotopic (exact) mass is 290 g/mol. The molecule has 0 heterocycles. The first kappa shape index (κ1) is 17.6. The minimum absolute atomic E-state index is 0.122. The van der Waals surface area contributed by atoms with Crippen LogP contribution in [0.3, 0.4) is 0 Å². The van der Waals surface area contributed by atoms with Gasteiger partial charge in [-0.3, -0.25) is 0 Å². The molecule has 2 heteroatoms. The van der Waals surface area contributed by atoms with E-state index in [0.29, 0.717) is 0 Å². The van der Waals surface area contributed by atoms with E-state index in [0.717, 1.165) is 0 Å². The van der Waals surface area contributed by atoms with E-state index in [-0.39, 0.29) is 10.8 Å². The second-order valence-electron chi connectivity index (χ2n) is 7.74. The normalized spacial score (nSPS) is 12.4. The van der Waals surface area contributed by atoms with Gasteiger partial charge in [0.2, 0.25) is 0 Å². The van der Waals surface area contributed by atoms with Crippen molar-refractivity contribution in [3.05, 3.63) is 29.3 Å². The molecule has 1 aromatic carbocycles. The first-order chi connectivity index (χ1) is 9.11. The Bertz CT molecular complexity index is 401. The van der Waals surface area contributed by atoms with Crippen LogP contribution >= 0.6 is 0 Å². The van der Waals surface area contributed by atoms with E-state index < -0.39 is 14.5 Å². The highest BCUT2D eigenvalue weighted by Crippen LogP contribution is 2.40. The maximum atomic E-state index is 6.57. The largest absolute Gasteiger partial charge is 0.642 e. The van der Waals surface area contributed by atoms with Gasteiger partial charge in [-0.1, -0.05) is 84.2 Å². The standard InChI is InChI=1S/C14H22O.2C2H5.Al/c1-13(2,3)10-8-7-9-11(12(10)15)14(4,5)6;2*1-2;/h7-9,15H,1-6H3;2*1H2,2H3;/q;;;+1/p-1. The number of para-hydroxylation sites is 1. The first-order valence-corrected chi connectivity index (χ1v) is 10.0. The average Bonchev–Trinajstić information content (AvgIpc) is 2.33. The third-order valence-corrected chi connectivity index (χ3v) is 6.22. The van der Waals surface area contributed by atoms with Crippen LogP contribution < -0.4 is 3.79 Å². The van der Waals surface area contributed by atoms with Gasteiger partial charge in [-0.2, -0.15) is 0 Å². The van der Waals surface area contributed by atoms with Crippen molar-refractivity contribution in [3.63, 3.8) is 0 Å². The van der Waals surface area contributed by atoms with Crippen molar-refractivity contribution >= 4 is 14.5 Å². The molecule has 0 saturated carbocycles. The van der Waals surface area contributed by atoms with E-state index in [9.17, 15) is 0 Å². The molecule has 0 bridgehead atoms. The maximum absolute atomic E-state index is 6.57. The molecule has 0 spiro atoms. The van der Waals surface area contributed by atoms with E-state index in [1.165, 1.54) is 27.4 Å². The lowest BCUT2D eigenvalue weighted by atomic mass is 9.80. The Morgan fingerprint density at radius 3 is 1.55 bits per heavy atom. The zero-order valence-corrected chi connectivity index (χ0v) is 15.8. The molecule has 112 valence electrons. The predicted molar refractivity (Wildman–Crippen MR) is 91.2 cm³/mol. The Kier molecular flexibility index (Phi) is 5.76. The molecule has 0 N–H and O–H groups in total. The molecule has 0 atom stereocenters. The summed E-state index contributed by atoms with van der Waals surface area (Å²) in [6, 6.07) is 6.66. The summed E-state index contributed by atoms with van der Waals surface area (Å²) in [7, 11) is 0. The fourth-order valence-electron chi connectivity index (χ4n) is 2.47. The third kappa shape index (κ3) is 4.27. The minimum Gasteiger partial charge on any atom is -0.642 e. The van der Waals surface area contributed by atoms with E-state index in [1.807, 2.05) is 0 Å². The van der Waals surface area contributed by atoms with Crippen LogP contribution in [0.2, 0.25) is 10.6 Å². The molecule has 0 aliphatic heterocycles. The van der Waals surface area contributed by atoms with Crippen molar-refractivity contribution in [2.24, 2.45) is 0 Å². The number of rotatable bonds is 4. The van der Waals surface area contributed by atoms with Crippen LogP contribution in [0.4, 0.5) is 0 Å². The summed E-state index contributed by atoms with van der Waals surface area (Å²) in [5.74, 6) is 1.17. The van der Waals surface area contributed by atoms with E-state index >= 15 is 0 Å². The Balaban J connectivity index is 3.40. The molecule has 0 fully saturated rings. The van der Waals surface area contributed by atoms with Gasteiger partial charge in [0, 0.05) is 0 Å². The van der Waals surface area contributed by atoms with Gasteiger partial charge in [-0.25, -0.2) is 0 Å². The maximum Gasteiger partial charge on any atom is 0.546 e. The van der Waals surface area contributed by atoms with Gasteiger partial charge in [0.15, 0.2) is 0 Å². The van der Waals surface area contributed by atoms with Crippen molar-refractivity contribution in [2.45, 2.75) is 76.8 Å². The lowest BCUT2D eigenvalue weighted by Crippen LogP contribution is -2.25. The molecule has 1 aromatic rings. The zero-order valence-electron chi connectivity index (χ0n) is 14.6. The van der Waals surface area contributed by atoms with Crippen molar-refractivity contribution in [1.82, 2.24) is 0 Å². The highest BCUT2D eigenvalue weighted by atomic mass is 27.2. The summed E-state index contributed by atoms with van der Waals surface area (Å²) >= 11 is -1.12. The molecule has 1 nitrogen and oxygen atoms in total. The van der Waals surface area contributed by atoms with Crippen LogP contribution in [0.5, 0.6) is 5.75 Å². The molecule has 0 aliphatic rings. The summed E-state index contributed by atoms with van der Waals surface area (Å²) in [5, 5.41) is 2.39. The molecular formula is C18H31AlO. The number of benzene rings is 1. The Labute approximate surface area is 130 Å². The van der Waals surface area contributed by atoms with Crippen molar-refractivity contribution in [3.8, 4) is 5.75 Å². The van der Waals surface area contributed by atoms with Crippen LogP contribution in [-0.2, 0) is 10.8 Å². The minimum atomic E-state index is -1.12. The molecule has 0 amide bonds. The Morgan fingerprint density at radius 2 is 1.25 bits per heavy atom. The predicted octanol–water partition coefficient (Wildman–Crippen LogP) is 5.69. The summed E-state index contributed by atoms with van der Waals surface area (Å²) < 4.78 is 6.57. The topological polar surface area (TPSA) is 9.23 Å². The smallest absolute Gasteiger partial charge is 0.546 e. The molecule has 1 rings (SSSR count). The number of hydrogen-bond donors (Lipinski definition) is 0. The van der Waals surface area contributed by atoms with Crippen molar-refractivity contribution in [2.75, 3.05) is 0 Å². The van der Waals surface area contributed by atoms with Gasteiger partial charge < -0.3 is 3.79 Å². The summed E-state index contributed by atoms with van der Waals surface area (Å²) in [6.07, 6.45) is 0. The lowest BCUT2D eigenvalue weighted by molar-refractivity contribution is 0.482. The molecule has 0 aliphatic carbocycles. The zero-order chi connectivity index (χ0) is 15.6. The van der Waals surface area contributed by atoms with Gasteiger partial charge in [0.25, 0.3) is 0 Å². The average molecular weight is 290 g/mol. The van der Waals surface area contributed by atoms with Crippen LogP contribution in [0.1, 0.15) is 66.5 Å². The first-order valence-electron chi connectivity index (χ1n) is 7.91. The number of hydrogen-bond acceptors (Lipinski definition) is 1. The molecule has 0 unspecified atom stereocenters. The lowest BCUT2D eigenvalue weighted by Gasteiger charge is -2.31. The van der Waals surface area contributed by atoms with Crippen LogP contribution in [0.25, 0.3) is 0 Å². The highest BCUT2D eigenvalue weighted by molar-refractivity contribution is 6.52. The van der Waals surface area contributed by atoms with Crippen LogP contribution in [0.15, 0.2) is 18.2 Å². The summed E-state index contributed by atoms with van der Waals surface area (Å²) in [6.45, 7) is 18.2. The molecule has 0 saturated heterocycles. The van der Waals surface area contributed by atoms with Crippen LogP contribution in [0, 0.1) is 0 Å². The van der Waals surface area contributed by atoms with Crippen LogP contribution in [-0.4, -0.2) is 14.5 Å². The summed E-state index contributed by atoms with van der Waals surface area (Å²) in [5.41, 5.74) is 2.95. The van der Waals surface area contributed by atoms with Gasteiger partial charge >= 0.3 is 14.5 Å². The van der Waals surface area contributed by atoms with Crippen molar-refractivity contribution < 1.29 is 3.79 Å². The van der Waals surface area contributed by atoms with Gasteiger partial charge in [0.1, 0.15) is 0 Å². The van der Waals surface area contributed by atoms with Gasteiger partial charge in [0.05, 0.1) is 5.75 Å². The quantitative estimate of drug-likeness (QED) is 0.647. The van der Waals surface area contributed by atoms with E-state index in [4.69, 9.17) is 3.79 Å². The SMILES string of the molecule is C[CH2][Al]([CH2]C)[O]c1c(C(C)(C)C)cccc1C(C)(C)C. The fourth-order valence-corrected chi connectivity index (χ4v) is 3.97. The fraction of sp³-hybridized carbons (Fsp3) is 0.667. The second kappa shape index (κ2) is 6.54. The summed E-state index contributed by atoms with van der Waals surface area (Å²) in [4.78, 5) is 0. The van der Waals surface area contributed by atoms with E-state index in [2.05, 4.69) is 73.6 Å². The van der Waals surface area contributed by atoms with Gasteiger partial charge in [-0.05, 0) is 22.0 Å². The highest BCUT2D eigenvalue weighted by Gasteiger charge is 2.29. The molecule has 0 radical (unpaired) electrons. The Morgan fingerprint density at radius 1 is 0.850 bits per heavy atom.